The Morgan fingerprint density at radius 3 is 1.48 bits per heavy atom. The van der Waals surface area contributed by atoms with Gasteiger partial charge in [0.2, 0.25) is 0 Å². The van der Waals surface area contributed by atoms with E-state index < -0.39 is 8.80 Å². The van der Waals surface area contributed by atoms with Gasteiger partial charge in [-0.15, -0.1) is 0 Å². The number of allylic oxidation sites excluding steroid dienone is 3. The van der Waals surface area contributed by atoms with Gasteiger partial charge < -0.3 is 18.0 Å². The average Bonchev–Trinajstić information content (AvgIpc) is 2.40. The molecule has 0 radical (unpaired) electrons. The molecule has 0 fully saturated rings. The first-order chi connectivity index (χ1) is 9.81. The molecule has 0 aromatic heterocycles. The Labute approximate surface area is 130 Å². The zero-order valence-electron chi connectivity index (χ0n) is 14.1. The lowest BCUT2D eigenvalue weighted by Crippen LogP contribution is -2.43. The van der Waals surface area contributed by atoms with Crippen LogP contribution in [0.5, 0.6) is 0 Å². The summed E-state index contributed by atoms with van der Waals surface area (Å²) in [6.07, 6.45) is 6.44. The van der Waals surface area contributed by atoms with Crippen molar-refractivity contribution in [2.45, 2.75) is 47.6 Å². The SMILES string of the molecule is C=COCC[Si](OC=C(C)C)(OC=C(C)C)OC=C(C)C. The molecule has 21 heavy (non-hydrogen) atoms. The normalized spacial score (nSPS) is 10.0. The molecule has 0 aliphatic carbocycles. The molecule has 0 bridgehead atoms. The van der Waals surface area contributed by atoms with Crippen molar-refractivity contribution in [3.63, 3.8) is 0 Å². The summed E-state index contributed by atoms with van der Waals surface area (Å²) >= 11 is 0. The summed E-state index contributed by atoms with van der Waals surface area (Å²) in [6, 6.07) is 0.524. The van der Waals surface area contributed by atoms with E-state index in [0.717, 1.165) is 16.7 Å². The summed E-state index contributed by atoms with van der Waals surface area (Å²) in [5.74, 6) is 0. The van der Waals surface area contributed by atoms with Gasteiger partial charge in [0.25, 0.3) is 0 Å². The van der Waals surface area contributed by atoms with Crippen molar-refractivity contribution < 1.29 is 18.0 Å². The lowest BCUT2D eigenvalue weighted by atomic mass is 10.4. The van der Waals surface area contributed by atoms with E-state index in [2.05, 4.69) is 6.58 Å². The largest absolute Gasteiger partial charge is 0.701 e. The van der Waals surface area contributed by atoms with Crippen molar-refractivity contribution in [2.75, 3.05) is 6.61 Å². The van der Waals surface area contributed by atoms with E-state index in [4.69, 9.17) is 18.0 Å². The van der Waals surface area contributed by atoms with E-state index in [0.29, 0.717) is 12.7 Å². The maximum atomic E-state index is 5.87. The molecule has 0 unspecified atom stereocenters. The molecular formula is C16H28O4Si. The van der Waals surface area contributed by atoms with Crippen LogP contribution in [-0.2, 0) is 18.0 Å². The first-order valence-corrected chi connectivity index (χ1v) is 8.90. The van der Waals surface area contributed by atoms with Crippen LogP contribution in [0.2, 0.25) is 6.04 Å². The van der Waals surface area contributed by atoms with Crippen LogP contribution in [0.25, 0.3) is 0 Å². The fraction of sp³-hybridized carbons (Fsp3) is 0.500. The standard InChI is InChI=1S/C16H28O4Si/c1-8-17-9-10-21(18-11-14(2)3,19-12-15(4)5)20-13-16(6)7/h8,11-13H,1,9-10H2,2-7H3. The van der Waals surface area contributed by atoms with Gasteiger partial charge in [0.05, 0.1) is 37.7 Å². The van der Waals surface area contributed by atoms with Crippen LogP contribution in [0.3, 0.4) is 0 Å². The summed E-state index contributed by atoms with van der Waals surface area (Å²) in [5.41, 5.74) is 3.12. The van der Waals surface area contributed by atoms with Gasteiger partial charge >= 0.3 is 8.80 Å². The molecule has 0 aliphatic rings. The number of rotatable bonds is 10. The molecule has 0 saturated carbocycles. The summed E-state index contributed by atoms with van der Waals surface area (Å²) in [7, 11) is -2.92. The Kier molecular flexibility index (Phi) is 9.37. The molecular weight excluding hydrogens is 284 g/mol. The summed E-state index contributed by atoms with van der Waals surface area (Å²) in [5, 5.41) is 0. The van der Waals surface area contributed by atoms with Gasteiger partial charge in [-0.05, 0) is 58.3 Å². The zero-order chi connectivity index (χ0) is 16.3. The highest BCUT2D eigenvalue weighted by Crippen LogP contribution is 2.20. The van der Waals surface area contributed by atoms with Crippen molar-refractivity contribution in [2.24, 2.45) is 0 Å². The zero-order valence-corrected chi connectivity index (χ0v) is 15.1. The molecule has 0 spiro atoms. The Hall–Kier alpha value is -1.62. The molecule has 0 aromatic carbocycles. The van der Waals surface area contributed by atoms with Crippen LogP contribution in [-0.4, -0.2) is 15.4 Å². The maximum absolute atomic E-state index is 5.87. The topological polar surface area (TPSA) is 36.9 Å². The maximum Gasteiger partial charge on any atom is 0.701 e. The van der Waals surface area contributed by atoms with Gasteiger partial charge in [0, 0.05) is 0 Å². The molecule has 0 heterocycles. The van der Waals surface area contributed by atoms with E-state index >= 15 is 0 Å². The minimum Gasteiger partial charge on any atom is -0.502 e. The smallest absolute Gasteiger partial charge is 0.502 e. The average molecular weight is 312 g/mol. The molecule has 120 valence electrons. The third-order valence-electron chi connectivity index (χ3n) is 2.07. The first-order valence-electron chi connectivity index (χ1n) is 6.97. The van der Waals surface area contributed by atoms with E-state index in [1.54, 1.807) is 18.8 Å². The Morgan fingerprint density at radius 1 is 0.810 bits per heavy atom. The lowest BCUT2D eigenvalue weighted by Gasteiger charge is -2.26. The minimum atomic E-state index is -2.92. The molecule has 0 aromatic rings. The molecule has 0 aliphatic heterocycles. The molecule has 0 saturated heterocycles. The third kappa shape index (κ3) is 9.84. The number of ether oxygens (including phenoxy) is 1. The summed E-state index contributed by atoms with van der Waals surface area (Å²) in [6.45, 7) is 15.7. The van der Waals surface area contributed by atoms with Crippen LogP contribution < -0.4 is 0 Å². The van der Waals surface area contributed by atoms with E-state index in [1.807, 2.05) is 41.5 Å². The molecule has 0 rings (SSSR count). The van der Waals surface area contributed by atoms with Crippen molar-refractivity contribution >= 4 is 8.80 Å². The number of hydrogen-bond acceptors (Lipinski definition) is 4. The van der Waals surface area contributed by atoms with Gasteiger partial charge in [0.15, 0.2) is 0 Å². The van der Waals surface area contributed by atoms with Crippen LogP contribution in [0.1, 0.15) is 41.5 Å². The van der Waals surface area contributed by atoms with Crippen molar-refractivity contribution in [3.05, 3.63) is 48.3 Å². The molecule has 0 N–H and O–H groups in total. The predicted octanol–water partition coefficient (Wildman–Crippen LogP) is 4.91. The second kappa shape index (κ2) is 10.2. The van der Waals surface area contributed by atoms with Gasteiger partial charge in [-0.1, -0.05) is 6.58 Å². The highest BCUT2D eigenvalue weighted by Gasteiger charge is 2.46. The summed E-state index contributed by atoms with van der Waals surface area (Å²) in [4.78, 5) is 0. The Bertz CT molecular complexity index is 348. The highest BCUT2D eigenvalue weighted by atomic mass is 28.4. The van der Waals surface area contributed by atoms with Crippen LogP contribution in [0.4, 0.5) is 0 Å². The van der Waals surface area contributed by atoms with Crippen molar-refractivity contribution in [1.29, 1.82) is 0 Å². The molecule has 0 amide bonds. The predicted molar refractivity (Wildman–Crippen MR) is 88.3 cm³/mol. The molecule has 4 nitrogen and oxygen atoms in total. The highest BCUT2D eigenvalue weighted by molar-refractivity contribution is 6.61. The molecule has 5 heteroatoms. The molecule has 0 atom stereocenters. The minimum absolute atomic E-state index is 0.430. The summed E-state index contributed by atoms with van der Waals surface area (Å²) < 4.78 is 22.8. The fourth-order valence-electron chi connectivity index (χ4n) is 1.15. The van der Waals surface area contributed by atoms with Crippen molar-refractivity contribution in [1.82, 2.24) is 0 Å². The number of hydrogen-bond donors (Lipinski definition) is 0. The Morgan fingerprint density at radius 2 is 1.19 bits per heavy atom. The van der Waals surface area contributed by atoms with Crippen LogP contribution >= 0.6 is 0 Å². The quantitative estimate of drug-likeness (QED) is 0.326. The lowest BCUT2D eigenvalue weighted by molar-refractivity contribution is 0.161. The second-order valence-corrected chi connectivity index (χ2v) is 7.98. The van der Waals surface area contributed by atoms with Crippen molar-refractivity contribution in [3.8, 4) is 0 Å². The van der Waals surface area contributed by atoms with E-state index in [9.17, 15) is 0 Å². The fourth-order valence-corrected chi connectivity index (χ4v) is 3.28. The van der Waals surface area contributed by atoms with Gasteiger partial charge in [0.1, 0.15) is 0 Å². The van der Waals surface area contributed by atoms with Gasteiger partial charge in [-0.25, -0.2) is 0 Å². The van der Waals surface area contributed by atoms with E-state index in [-0.39, 0.29) is 0 Å². The van der Waals surface area contributed by atoms with Gasteiger partial charge in [-0.2, -0.15) is 0 Å². The van der Waals surface area contributed by atoms with Crippen LogP contribution in [0.15, 0.2) is 48.3 Å². The van der Waals surface area contributed by atoms with E-state index in [1.165, 1.54) is 6.26 Å². The Balaban J connectivity index is 5.22. The second-order valence-electron chi connectivity index (χ2n) is 5.41. The third-order valence-corrected chi connectivity index (χ3v) is 4.31. The first kappa shape index (κ1) is 19.4. The van der Waals surface area contributed by atoms with Gasteiger partial charge in [-0.3, -0.25) is 0 Å². The van der Waals surface area contributed by atoms with Crippen LogP contribution in [0, 0.1) is 0 Å². The monoisotopic (exact) mass is 312 g/mol.